The Kier molecular flexibility index (Phi) is 5.18. The topological polar surface area (TPSA) is 64.4 Å². The zero-order valence-electron chi connectivity index (χ0n) is 7.30. The Balaban J connectivity index is 3.69. The maximum Gasteiger partial charge on any atom is 0.414 e. The molecule has 0 aliphatic rings. The number of carbonyl (C=O) groups is 1. The van der Waals surface area contributed by atoms with E-state index in [1.54, 1.807) is 5.48 Å². The van der Waals surface area contributed by atoms with Gasteiger partial charge >= 0.3 is 6.18 Å². The fourth-order valence-electron chi connectivity index (χ4n) is 0.551. The summed E-state index contributed by atoms with van der Waals surface area (Å²) in [5, 5.41) is 0. The van der Waals surface area contributed by atoms with Gasteiger partial charge in [0.15, 0.2) is 6.61 Å². The van der Waals surface area contributed by atoms with Crippen LogP contribution in [0.25, 0.3) is 0 Å². The summed E-state index contributed by atoms with van der Waals surface area (Å²) in [5.41, 5.74) is 6.83. The van der Waals surface area contributed by atoms with Gasteiger partial charge in [-0.15, -0.1) is 6.58 Å². The number of nitrogens with two attached hydrogens (primary N) is 1. The van der Waals surface area contributed by atoms with Crippen LogP contribution in [0, 0.1) is 0 Å². The summed E-state index contributed by atoms with van der Waals surface area (Å²) in [6.07, 6.45) is -2.93. The highest BCUT2D eigenvalue weighted by atomic mass is 19.4. The summed E-state index contributed by atoms with van der Waals surface area (Å²) in [7, 11) is 0. The molecule has 1 atom stereocenters. The number of rotatable bonds is 5. The molecule has 0 aromatic rings. The van der Waals surface area contributed by atoms with Crippen molar-refractivity contribution in [1.29, 1.82) is 0 Å². The molecule has 0 bridgehead atoms. The Morgan fingerprint density at radius 1 is 1.64 bits per heavy atom. The third-order valence-electron chi connectivity index (χ3n) is 1.17. The number of amides is 1. The van der Waals surface area contributed by atoms with E-state index < -0.39 is 24.7 Å². The van der Waals surface area contributed by atoms with Crippen molar-refractivity contribution < 1.29 is 22.8 Å². The fraction of sp³-hybridized carbons (Fsp3) is 0.571. The van der Waals surface area contributed by atoms with E-state index in [0.717, 1.165) is 0 Å². The van der Waals surface area contributed by atoms with Crippen molar-refractivity contribution in [2.24, 2.45) is 5.73 Å². The second-order valence-electron chi connectivity index (χ2n) is 2.50. The largest absolute Gasteiger partial charge is 0.414 e. The SMILES string of the molecule is C=CCC(N)C(=O)NOCC(F)(F)F. The Labute approximate surface area is 78.9 Å². The van der Waals surface area contributed by atoms with Gasteiger partial charge in [0, 0.05) is 0 Å². The molecule has 0 fully saturated rings. The molecule has 0 saturated heterocycles. The van der Waals surface area contributed by atoms with Crippen LogP contribution in [0.4, 0.5) is 13.2 Å². The molecule has 0 aliphatic carbocycles. The average molecular weight is 212 g/mol. The zero-order valence-corrected chi connectivity index (χ0v) is 7.30. The van der Waals surface area contributed by atoms with E-state index >= 15 is 0 Å². The Morgan fingerprint density at radius 3 is 2.64 bits per heavy atom. The molecule has 0 radical (unpaired) electrons. The number of nitrogens with one attached hydrogen (secondary N) is 1. The minimum absolute atomic E-state index is 0.168. The molecule has 1 amide bonds. The summed E-state index contributed by atoms with van der Waals surface area (Å²) in [5.74, 6) is -0.811. The summed E-state index contributed by atoms with van der Waals surface area (Å²) in [4.78, 5) is 14.7. The molecule has 0 spiro atoms. The van der Waals surface area contributed by atoms with Gasteiger partial charge in [0.2, 0.25) is 0 Å². The molecular formula is C7H11F3N2O2. The van der Waals surface area contributed by atoms with E-state index in [0.29, 0.717) is 0 Å². The van der Waals surface area contributed by atoms with Crippen molar-refractivity contribution in [2.45, 2.75) is 18.6 Å². The second-order valence-corrected chi connectivity index (χ2v) is 2.50. The predicted octanol–water partition coefficient (Wildman–Crippen LogP) is 0.500. The van der Waals surface area contributed by atoms with Gasteiger partial charge in [-0.25, -0.2) is 5.48 Å². The highest BCUT2D eigenvalue weighted by Crippen LogP contribution is 2.13. The van der Waals surface area contributed by atoms with Crippen molar-refractivity contribution >= 4 is 5.91 Å². The second kappa shape index (κ2) is 5.61. The van der Waals surface area contributed by atoms with Crippen molar-refractivity contribution in [2.75, 3.05) is 6.61 Å². The lowest BCUT2D eigenvalue weighted by atomic mass is 10.2. The van der Waals surface area contributed by atoms with E-state index in [9.17, 15) is 18.0 Å². The van der Waals surface area contributed by atoms with Crippen LogP contribution in [0.15, 0.2) is 12.7 Å². The summed E-state index contributed by atoms with van der Waals surface area (Å²) < 4.78 is 34.6. The van der Waals surface area contributed by atoms with Crippen molar-refractivity contribution in [3.8, 4) is 0 Å². The van der Waals surface area contributed by atoms with Crippen molar-refractivity contribution in [3.05, 3.63) is 12.7 Å². The Bertz CT molecular complexity index is 206. The number of halogens is 3. The quantitative estimate of drug-likeness (QED) is 0.515. The van der Waals surface area contributed by atoms with Crippen LogP contribution in [0.1, 0.15) is 6.42 Å². The first-order valence-corrected chi connectivity index (χ1v) is 3.71. The van der Waals surface area contributed by atoms with Gasteiger partial charge in [-0.2, -0.15) is 13.2 Å². The molecule has 4 nitrogen and oxygen atoms in total. The number of alkyl halides is 3. The highest BCUT2D eigenvalue weighted by molar-refractivity contribution is 5.80. The molecule has 0 heterocycles. The minimum atomic E-state index is -4.48. The van der Waals surface area contributed by atoms with E-state index in [1.165, 1.54) is 6.08 Å². The van der Waals surface area contributed by atoms with Gasteiger partial charge in [0.1, 0.15) is 0 Å². The summed E-state index contributed by atoms with van der Waals surface area (Å²) in [6.45, 7) is 1.78. The Morgan fingerprint density at radius 2 is 2.21 bits per heavy atom. The molecule has 82 valence electrons. The van der Waals surface area contributed by atoms with Crippen LogP contribution in [-0.4, -0.2) is 24.7 Å². The number of carbonyl (C=O) groups excluding carboxylic acids is 1. The molecule has 0 aromatic heterocycles. The van der Waals surface area contributed by atoms with Gasteiger partial charge in [0.25, 0.3) is 5.91 Å². The lowest BCUT2D eigenvalue weighted by Crippen LogP contribution is -2.41. The van der Waals surface area contributed by atoms with Crippen LogP contribution in [0.3, 0.4) is 0 Å². The molecule has 0 aliphatic heterocycles. The number of hydroxylamine groups is 1. The first kappa shape index (κ1) is 12.9. The lowest BCUT2D eigenvalue weighted by molar-refractivity contribution is -0.192. The molecule has 1 unspecified atom stereocenters. The third kappa shape index (κ3) is 6.44. The van der Waals surface area contributed by atoms with Crippen LogP contribution < -0.4 is 11.2 Å². The van der Waals surface area contributed by atoms with Crippen LogP contribution in [0.5, 0.6) is 0 Å². The van der Waals surface area contributed by atoms with Crippen molar-refractivity contribution in [1.82, 2.24) is 5.48 Å². The average Bonchev–Trinajstić information content (AvgIpc) is 2.02. The first-order valence-electron chi connectivity index (χ1n) is 3.71. The van der Waals surface area contributed by atoms with E-state index in [1.807, 2.05) is 0 Å². The normalized spacial score (nSPS) is 13.4. The van der Waals surface area contributed by atoms with Crippen LogP contribution in [-0.2, 0) is 9.63 Å². The molecule has 0 aromatic carbocycles. The molecule has 0 rings (SSSR count). The number of hydrogen-bond donors (Lipinski definition) is 2. The summed E-state index contributed by atoms with van der Waals surface area (Å²) in [6, 6.07) is -0.944. The smallest absolute Gasteiger partial charge is 0.320 e. The lowest BCUT2D eigenvalue weighted by Gasteiger charge is -2.11. The van der Waals surface area contributed by atoms with Gasteiger partial charge in [-0.1, -0.05) is 6.08 Å². The highest BCUT2D eigenvalue weighted by Gasteiger charge is 2.28. The molecule has 7 heteroatoms. The van der Waals surface area contributed by atoms with Gasteiger partial charge in [-0.3, -0.25) is 9.63 Å². The monoisotopic (exact) mass is 212 g/mol. The fourth-order valence-corrected chi connectivity index (χ4v) is 0.551. The van der Waals surface area contributed by atoms with Gasteiger partial charge < -0.3 is 5.73 Å². The van der Waals surface area contributed by atoms with E-state index in [4.69, 9.17) is 5.73 Å². The molecule has 14 heavy (non-hydrogen) atoms. The number of hydrogen-bond acceptors (Lipinski definition) is 3. The van der Waals surface area contributed by atoms with Gasteiger partial charge in [-0.05, 0) is 6.42 Å². The third-order valence-corrected chi connectivity index (χ3v) is 1.17. The van der Waals surface area contributed by atoms with Crippen molar-refractivity contribution in [3.63, 3.8) is 0 Å². The maximum atomic E-state index is 11.5. The minimum Gasteiger partial charge on any atom is -0.320 e. The molecule has 3 N–H and O–H groups in total. The predicted molar refractivity (Wildman–Crippen MR) is 42.9 cm³/mol. The standard InChI is InChI=1S/C7H11F3N2O2/c1-2-3-5(11)6(13)12-14-4-7(8,9)10/h2,5H,1,3-4,11H2,(H,12,13). The van der Waals surface area contributed by atoms with Crippen LogP contribution >= 0.6 is 0 Å². The summed E-state index contributed by atoms with van der Waals surface area (Å²) >= 11 is 0. The van der Waals surface area contributed by atoms with E-state index in [2.05, 4.69) is 11.4 Å². The maximum absolute atomic E-state index is 11.5. The zero-order chi connectivity index (χ0) is 11.2. The van der Waals surface area contributed by atoms with Crippen LogP contribution in [0.2, 0.25) is 0 Å². The van der Waals surface area contributed by atoms with E-state index in [-0.39, 0.29) is 6.42 Å². The molecular weight excluding hydrogens is 201 g/mol. The van der Waals surface area contributed by atoms with Gasteiger partial charge in [0.05, 0.1) is 6.04 Å². The molecule has 0 saturated carbocycles. The first-order chi connectivity index (χ1) is 6.37. The Hall–Kier alpha value is -1.08.